The lowest BCUT2D eigenvalue weighted by Gasteiger charge is -2.48. The molecule has 4 N–H and O–H groups in total. The van der Waals surface area contributed by atoms with Crippen LogP contribution in [0.2, 0.25) is 0 Å². The highest BCUT2D eigenvalue weighted by Gasteiger charge is 2.40. The largest absolute Gasteiger partial charge is 0.374 e. The van der Waals surface area contributed by atoms with Gasteiger partial charge in [-0.3, -0.25) is 4.90 Å². The standard InChI is InChI=1S/C9H21N3O/c1-7(2)9(13)6-11-4-5-12(9)8(3)10/h7-8,11,13H,4-6,10H2,1-3H3. The highest BCUT2D eigenvalue weighted by Crippen LogP contribution is 2.24. The van der Waals surface area contributed by atoms with E-state index in [2.05, 4.69) is 5.32 Å². The summed E-state index contributed by atoms with van der Waals surface area (Å²) in [5.74, 6) is 0.186. The van der Waals surface area contributed by atoms with E-state index in [0.29, 0.717) is 6.54 Å². The van der Waals surface area contributed by atoms with E-state index < -0.39 is 5.72 Å². The Kier molecular flexibility index (Phi) is 3.29. The predicted octanol–water partition coefficient (Wildman–Crippen LogP) is -0.459. The summed E-state index contributed by atoms with van der Waals surface area (Å²) in [6, 6.07) is 0. The highest BCUT2D eigenvalue weighted by molar-refractivity contribution is 4.90. The van der Waals surface area contributed by atoms with E-state index in [1.807, 2.05) is 25.7 Å². The predicted molar refractivity (Wildman–Crippen MR) is 53.0 cm³/mol. The van der Waals surface area contributed by atoms with Crippen LogP contribution in [0.4, 0.5) is 0 Å². The molecule has 1 saturated heterocycles. The molecule has 2 unspecified atom stereocenters. The molecule has 0 aromatic carbocycles. The van der Waals surface area contributed by atoms with Gasteiger partial charge in [0.15, 0.2) is 0 Å². The second kappa shape index (κ2) is 3.92. The van der Waals surface area contributed by atoms with Crippen molar-refractivity contribution in [2.45, 2.75) is 32.7 Å². The molecule has 0 saturated carbocycles. The van der Waals surface area contributed by atoms with Crippen molar-refractivity contribution in [3.8, 4) is 0 Å². The Bertz CT molecular complexity index is 172. The van der Waals surface area contributed by atoms with Gasteiger partial charge < -0.3 is 16.2 Å². The molecule has 2 atom stereocenters. The second-order valence-electron chi connectivity index (χ2n) is 4.14. The number of nitrogens with one attached hydrogen (secondary N) is 1. The zero-order chi connectivity index (χ0) is 10.1. The minimum atomic E-state index is -0.785. The van der Waals surface area contributed by atoms with E-state index in [9.17, 15) is 5.11 Å². The lowest BCUT2D eigenvalue weighted by Crippen LogP contribution is -2.67. The third-order valence-corrected chi connectivity index (χ3v) is 2.83. The minimum Gasteiger partial charge on any atom is -0.374 e. The van der Waals surface area contributed by atoms with Gasteiger partial charge in [0.05, 0.1) is 6.17 Å². The molecule has 1 rings (SSSR count). The lowest BCUT2D eigenvalue weighted by atomic mass is 9.95. The van der Waals surface area contributed by atoms with E-state index >= 15 is 0 Å². The van der Waals surface area contributed by atoms with Crippen molar-refractivity contribution < 1.29 is 5.11 Å². The Balaban J connectivity index is 2.77. The van der Waals surface area contributed by atoms with Gasteiger partial charge in [-0.15, -0.1) is 0 Å². The number of hydrogen-bond acceptors (Lipinski definition) is 4. The molecule has 4 heteroatoms. The van der Waals surface area contributed by atoms with Crippen LogP contribution in [0.1, 0.15) is 20.8 Å². The van der Waals surface area contributed by atoms with Gasteiger partial charge in [0.2, 0.25) is 0 Å². The maximum Gasteiger partial charge on any atom is 0.134 e. The van der Waals surface area contributed by atoms with Crippen molar-refractivity contribution in [1.82, 2.24) is 10.2 Å². The summed E-state index contributed by atoms with van der Waals surface area (Å²) in [4.78, 5) is 1.97. The molecule has 1 aliphatic rings. The first-order valence-corrected chi connectivity index (χ1v) is 4.94. The summed E-state index contributed by atoms with van der Waals surface area (Å²) in [6.45, 7) is 8.26. The number of nitrogens with zero attached hydrogens (tertiary/aromatic N) is 1. The smallest absolute Gasteiger partial charge is 0.134 e. The molecule has 0 aromatic rings. The van der Waals surface area contributed by atoms with Gasteiger partial charge in [-0.25, -0.2) is 0 Å². The minimum absolute atomic E-state index is 0.0884. The summed E-state index contributed by atoms with van der Waals surface area (Å²) < 4.78 is 0. The molecular formula is C9H21N3O. The molecule has 4 nitrogen and oxygen atoms in total. The molecule has 1 heterocycles. The first-order valence-electron chi connectivity index (χ1n) is 4.94. The zero-order valence-corrected chi connectivity index (χ0v) is 8.75. The Hall–Kier alpha value is -0.160. The van der Waals surface area contributed by atoms with Gasteiger partial charge in [-0.05, 0) is 12.8 Å². The highest BCUT2D eigenvalue weighted by atomic mass is 16.3. The van der Waals surface area contributed by atoms with Crippen molar-refractivity contribution in [2.24, 2.45) is 11.7 Å². The Morgan fingerprint density at radius 2 is 2.08 bits per heavy atom. The van der Waals surface area contributed by atoms with E-state index in [4.69, 9.17) is 5.73 Å². The van der Waals surface area contributed by atoms with Crippen LogP contribution >= 0.6 is 0 Å². The second-order valence-corrected chi connectivity index (χ2v) is 4.14. The molecule has 0 amide bonds. The number of piperazine rings is 1. The van der Waals surface area contributed by atoms with E-state index in [1.165, 1.54) is 0 Å². The van der Waals surface area contributed by atoms with Crippen LogP contribution in [-0.2, 0) is 0 Å². The first-order chi connectivity index (χ1) is 5.98. The fraction of sp³-hybridized carbons (Fsp3) is 1.00. The topological polar surface area (TPSA) is 61.5 Å². The van der Waals surface area contributed by atoms with Gasteiger partial charge in [0.25, 0.3) is 0 Å². The molecular weight excluding hydrogens is 166 g/mol. The summed E-state index contributed by atoms with van der Waals surface area (Å²) in [6.07, 6.45) is -0.0884. The van der Waals surface area contributed by atoms with Crippen molar-refractivity contribution >= 4 is 0 Å². The van der Waals surface area contributed by atoms with Crippen molar-refractivity contribution in [3.63, 3.8) is 0 Å². The molecule has 1 fully saturated rings. The molecule has 0 aliphatic carbocycles. The van der Waals surface area contributed by atoms with Crippen LogP contribution in [0.3, 0.4) is 0 Å². The number of nitrogens with two attached hydrogens (primary N) is 1. The monoisotopic (exact) mass is 187 g/mol. The third-order valence-electron chi connectivity index (χ3n) is 2.83. The van der Waals surface area contributed by atoms with Crippen LogP contribution in [-0.4, -0.2) is 41.5 Å². The maximum atomic E-state index is 10.4. The summed E-state index contributed by atoms with van der Waals surface area (Å²) in [5.41, 5.74) is 5.03. The summed E-state index contributed by atoms with van der Waals surface area (Å²) in [5, 5.41) is 13.6. The van der Waals surface area contributed by atoms with Gasteiger partial charge in [-0.1, -0.05) is 13.8 Å². The Morgan fingerprint density at radius 3 is 2.46 bits per heavy atom. The number of rotatable bonds is 2. The quantitative estimate of drug-likeness (QED) is 0.547. The molecule has 0 aromatic heterocycles. The fourth-order valence-corrected chi connectivity index (χ4v) is 1.86. The zero-order valence-electron chi connectivity index (χ0n) is 8.75. The van der Waals surface area contributed by atoms with E-state index in [-0.39, 0.29) is 12.1 Å². The third kappa shape index (κ3) is 2.02. The van der Waals surface area contributed by atoms with Crippen LogP contribution in [0.25, 0.3) is 0 Å². The van der Waals surface area contributed by atoms with Gasteiger partial charge >= 0.3 is 0 Å². The van der Waals surface area contributed by atoms with Crippen LogP contribution < -0.4 is 11.1 Å². The van der Waals surface area contributed by atoms with E-state index in [0.717, 1.165) is 13.1 Å². The average Bonchev–Trinajstić information content (AvgIpc) is 2.04. The molecule has 1 aliphatic heterocycles. The van der Waals surface area contributed by atoms with Crippen LogP contribution in [0.5, 0.6) is 0 Å². The van der Waals surface area contributed by atoms with Crippen molar-refractivity contribution in [2.75, 3.05) is 19.6 Å². The fourth-order valence-electron chi connectivity index (χ4n) is 1.86. The lowest BCUT2D eigenvalue weighted by molar-refractivity contribution is -0.166. The van der Waals surface area contributed by atoms with Crippen LogP contribution in [0.15, 0.2) is 0 Å². The molecule has 0 bridgehead atoms. The molecule has 78 valence electrons. The number of aliphatic hydroxyl groups is 1. The van der Waals surface area contributed by atoms with Crippen molar-refractivity contribution in [1.29, 1.82) is 0 Å². The van der Waals surface area contributed by atoms with E-state index in [1.54, 1.807) is 0 Å². The molecule has 0 radical (unpaired) electrons. The van der Waals surface area contributed by atoms with Crippen LogP contribution in [0, 0.1) is 5.92 Å². The number of hydrogen-bond donors (Lipinski definition) is 3. The first kappa shape index (κ1) is 10.9. The summed E-state index contributed by atoms with van der Waals surface area (Å²) in [7, 11) is 0. The Labute approximate surface area is 80.1 Å². The summed E-state index contributed by atoms with van der Waals surface area (Å²) >= 11 is 0. The van der Waals surface area contributed by atoms with Gasteiger partial charge in [-0.2, -0.15) is 0 Å². The molecule has 13 heavy (non-hydrogen) atoms. The van der Waals surface area contributed by atoms with Crippen molar-refractivity contribution in [3.05, 3.63) is 0 Å². The Morgan fingerprint density at radius 1 is 1.46 bits per heavy atom. The molecule has 0 spiro atoms. The number of β-amino-alcohol motifs (C(OH)–C–C–N with tert-alkyl or cyclic N) is 1. The van der Waals surface area contributed by atoms with Gasteiger partial charge in [0.1, 0.15) is 5.72 Å². The normalized spacial score (nSPS) is 33.7. The maximum absolute atomic E-state index is 10.4. The average molecular weight is 187 g/mol. The SMILES string of the molecule is CC(N)N1CCNCC1(O)C(C)C. The van der Waals surface area contributed by atoms with Gasteiger partial charge in [0, 0.05) is 19.6 Å².